The summed E-state index contributed by atoms with van der Waals surface area (Å²) in [6.07, 6.45) is 1.45. The van der Waals surface area contributed by atoms with Crippen LogP contribution in [-0.4, -0.2) is 12.0 Å². The smallest absolute Gasteiger partial charge is 0.181 e. The lowest BCUT2D eigenvalue weighted by Gasteiger charge is -2.21. The average molecular weight is 253 g/mol. The molecule has 0 aliphatic rings. The van der Waals surface area contributed by atoms with Gasteiger partial charge >= 0.3 is 0 Å². The molecule has 4 heteroatoms. The minimum absolute atomic E-state index is 0.755. The second-order valence-electron chi connectivity index (χ2n) is 4.63. The van der Waals surface area contributed by atoms with Gasteiger partial charge in [-0.25, -0.2) is 4.98 Å². The van der Waals surface area contributed by atoms with Crippen molar-refractivity contribution in [3.63, 3.8) is 0 Å². The van der Waals surface area contributed by atoms with Crippen molar-refractivity contribution in [1.82, 2.24) is 4.98 Å². The molecule has 0 saturated carbocycles. The molecule has 19 heavy (non-hydrogen) atoms. The second kappa shape index (κ2) is 4.31. The van der Waals surface area contributed by atoms with Crippen molar-refractivity contribution in [2.45, 2.75) is 6.92 Å². The molecular weight excluding hydrogens is 238 g/mol. The zero-order chi connectivity index (χ0) is 13.4. The molecular formula is C15H15N3O. The van der Waals surface area contributed by atoms with E-state index in [2.05, 4.69) is 18.0 Å². The molecule has 4 nitrogen and oxygen atoms in total. The van der Waals surface area contributed by atoms with Crippen LogP contribution in [0.1, 0.15) is 5.56 Å². The number of benzene rings is 2. The maximum absolute atomic E-state index is 6.04. The summed E-state index contributed by atoms with van der Waals surface area (Å²) < 4.78 is 5.33. The van der Waals surface area contributed by atoms with Gasteiger partial charge in [-0.1, -0.05) is 6.07 Å². The summed E-state index contributed by atoms with van der Waals surface area (Å²) in [5.41, 5.74) is 11.6. The van der Waals surface area contributed by atoms with Crippen LogP contribution in [-0.2, 0) is 0 Å². The number of aryl methyl sites for hydroxylation is 1. The van der Waals surface area contributed by atoms with Crippen LogP contribution in [0.15, 0.2) is 47.2 Å². The number of nitrogen functional groups attached to an aromatic ring is 1. The van der Waals surface area contributed by atoms with Crippen molar-refractivity contribution in [1.29, 1.82) is 0 Å². The fourth-order valence-electron chi connectivity index (χ4n) is 2.14. The van der Waals surface area contributed by atoms with E-state index in [1.165, 1.54) is 12.0 Å². The third-order valence-electron chi connectivity index (χ3n) is 3.25. The van der Waals surface area contributed by atoms with E-state index in [0.29, 0.717) is 0 Å². The number of hydrogen-bond acceptors (Lipinski definition) is 4. The first-order chi connectivity index (χ1) is 9.15. The topological polar surface area (TPSA) is 55.3 Å². The van der Waals surface area contributed by atoms with E-state index in [9.17, 15) is 0 Å². The molecule has 0 bridgehead atoms. The fraction of sp³-hybridized carbons (Fsp3) is 0.133. The molecule has 0 fully saturated rings. The second-order valence-corrected chi connectivity index (χ2v) is 4.63. The molecule has 3 rings (SSSR count). The lowest BCUT2D eigenvalue weighted by Crippen LogP contribution is -2.11. The zero-order valence-electron chi connectivity index (χ0n) is 10.9. The Bertz CT molecular complexity index is 733. The molecule has 2 aromatic carbocycles. The van der Waals surface area contributed by atoms with Gasteiger partial charge in [0.25, 0.3) is 0 Å². The Morgan fingerprint density at radius 3 is 2.84 bits per heavy atom. The Hall–Kier alpha value is -2.49. The van der Waals surface area contributed by atoms with E-state index in [-0.39, 0.29) is 0 Å². The molecule has 1 aromatic heterocycles. The Labute approximate surface area is 111 Å². The van der Waals surface area contributed by atoms with Crippen LogP contribution < -0.4 is 10.6 Å². The molecule has 0 unspecified atom stereocenters. The Kier molecular flexibility index (Phi) is 2.63. The number of oxazole rings is 1. The number of nitrogens with zero attached hydrogens (tertiary/aromatic N) is 2. The summed E-state index contributed by atoms with van der Waals surface area (Å²) in [4.78, 5) is 6.16. The number of nitrogens with two attached hydrogens (primary N) is 1. The predicted molar refractivity (Wildman–Crippen MR) is 77.7 cm³/mol. The summed E-state index contributed by atoms with van der Waals surface area (Å²) in [5.74, 6) is 0. The van der Waals surface area contributed by atoms with Crippen LogP contribution in [0.3, 0.4) is 0 Å². The molecule has 0 amide bonds. The summed E-state index contributed by atoms with van der Waals surface area (Å²) in [7, 11) is 1.99. The molecule has 2 N–H and O–H groups in total. The first-order valence-electron chi connectivity index (χ1n) is 6.08. The van der Waals surface area contributed by atoms with Gasteiger partial charge in [0.15, 0.2) is 12.0 Å². The van der Waals surface area contributed by atoms with Crippen molar-refractivity contribution < 1.29 is 4.42 Å². The van der Waals surface area contributed by atoms with Crippen LogP contribution in [0.2, 0.25) is 0 Å². The van der Waals surface area contributed by atoms with Gasteiger partial charge in [0.1, 0.15) is 5.52 Å². The van der Waals surface area contributed by atoms with Gasteiger partial charge in [0.05, 0.1) is 11.4 Å². The molecule has 1 heterocycles. The van der Waals surface area contributed by atoms with Crippen LogP contribution >= 0.6 is 0 Å². The van der Waals surface area contributed by atoms with Crippen molar-refractivity contribution in [2.75, 3.05) is 17.7 Å². The molecule has 0 aliphatic heterocycles. The van der Waals surface area contributed by atoms with E-state index in [0.717, 1.165) is 28.2 Å². The number of hydrogen-bond donors (Lipinski definition) is 1. The SMILES string of the molecule is Cc1ccc(N)c(N(C)c2ccc3ncoc3c2)c1. The lowest BCUT2D eigenvalue weighted by molar-refractivity contribution is 0.602. The highest BCUT2D eigenvalue weighted by Crippen LogP contribution is 2.31. The molecule has 0 radical (unpaired) electrons. The van der Waals surface area contributed by atoms with Crippen LogP contribution in [0.25, 0.3) is 11.1 Å². The number of aromatic nitrogens is 1. The molecule has 0 aliphatic carbocycles. The highest BCUT2D eigenvalue weighted by atomic mass is 16.3. The van der Waals surface area contributed by atoms with Crippen molar-refractivity contribution in [2.24, 2.45) is 0 Å². The van der Waals surface area contributed by atoms with Gasteiger partial charge in [-0.2, -0.15) is 0 Å². The lowest BCUT2D eigenvalue weighted by atomic mass is 10.1. The Balaban J connectivity index is 2.07. The summed E-state index contributed by atoms with van der Waals surface area (Å²) in [6, 6.07) is 11.9. The van der Waals surface area contributed by atoms with Crippen molar-refractivity contribution >= 4 is 28.2 Å². The molecule has 3 aromatic rings. The fourth-order valence-corrected chi connectivity index (χ4v) is 2.14. The standard InChI is InChI=1S/C15H15N3O/c1-10-3-5-12(16)14(7-10)18(2)11-4-6-13-15(8-11)19-9-17-13/h3-9H,16H2,1-2H3. The van der Waals surface area contributed by atoms with Gasteiger partial charge in [0.2, 0.25) is 0 Å². The van der Waals surface area contributed by atoms with Crippen LogP contribution in [0.5, 0.6) is 0 Å². The first kappa shape index (κ1) is 11.6. The highest BCUT2D eigenvalue weighted by molar-refractivity contribution is 5.81. The molecule has 96 valence electrons. The monoisotopic (exact) mass is 253 g/mol. The molecule has 0 saturated heterocycles. The first-order valence-corrected chi connectivity index (χ1v) is 6.08. The quantitative estimate of drug-likeness (QED) is 0.710. The largest absolute Gasteiger partial charge is 0.443 e. The van der Waals surface area contributed by atoms with Gasteiger partial charge in [0, 0.05) is 18.8 Å². The minimum atomic E-state index is 0.755. The predicted octanol–water partition coefficient (Wildman–Crippen LogP) is 3.49. The van der Waals surface area contributed by atoms with E-state index in [4.69, 9.17) is 10.2 Å². The summed E-state index contributed by atoms with van der Waals surface area (Å²) in [6.45, 7) is 2.05. The Morgan fingerprint density at radius 2 is 2.00 bits per heavy atom. The number of fused-ring (bicyclic) bond motifs is 1. The number of anilines is 3. The van der Waals surface area contributed by atoms with Gasteiger partial charge in [-0.05, 0) is 36.8 Å². The normalized spacial score (nSPS) is 10.8. The number of rotatable bonds is 2. The van der Waals surface area contributed by atoms with Crippen molar-refractivity contribution in [3.05, 3.63) is 48.4 Å². The summed E-state index contributed by atoms with van der Waals surface area (Å²) >= 11 is 0. The summed E-state index contributed by atoms with van der Waals surface area (Å²) in [5, 5.41) is 0. The highest BCUT2D eigenvalue weighted by Gasteiger charge is 2.09. The third kappa shape index (κ3) is 2.01. The minimum Gasteiger partial charge on any atom is -0.443 e. The Morgan fingerprint density at radius 1 is 1.16 bits per heavy atom. The maximum atomic E-state index is 6.04. The van der Waals surface area contributed by atoms with Crippen LogP contribution in [0.4, 0.5) is 17.1 Å². The van der Waals surface area contributed by atoms with E-state index in [1.54, 1.807) is 0 Å². The van der Waals surface area contributed by atoms with Gasteiger partial charge < -0.3 is 15.1 Å². The third-order valence-corrected chi connectivity index (χ3v) is 3.25. The van der Waals surface area contributed by atoms with E-state index in [1.807, 2.05) is 42.3 Å². The van der Waals surface area contributed by atoms with Crippen LogP contribution in [0, 0.1) is 6.92 Å². The average Bonchev–Trinajstić information content (AvgIpc) is 2.88. The molecule has 0 atom stereocenters. The van der Waals surface area contributed by atoms with Gasteiger partial charge in [-0.15, -0.1) is 0 Å². The maximum Gasteiger partial charge on any atom is 0.181 e. The zero-order valence-corrected chi connectivity index (χ0v) is 10.9. The van der Waals surface area contributed by atoms with Crippen molar-refractivity contribution in [3.8, 4) is 0 Å². The van der Waals surface area contributed by atoms with E-state index < -0.39 is 0 Å². The molecule has 0 spiro atoms. The van der Waals surface area contributed by atoms with Gasteiger partial charge in [-0.3, -0.25) is 0 Å². The van der Waals surface area contributed by atoms with E-state index >= 15 is 0 Å².